The lowest BCUT2D eigenvalue weighted by Crippen LogP contribution is -2.28. The molecule has 0 aromatic carbocycles. The van der Waals surface area contributed by atoms with Crippen molar-refractivity contribution in [3.05, 3.63) is 0 Å². The second kappa shape index (κ2) is 3.34. The van der Waals surface area contributed by atoms with E-state index in [9.17, 15) is 13.2 Å². The summed E-state index contributed by atoms with van der Waals surface area (Å²) in [7, 11) is 0. The summed E-state index contributed by atoms with van der Waals surface area (Å²) in [5.74, 6) is -0.569. The third-order valence-electron chi connectivity index (χ3n) is 3.40. The average molecular weight is 215 g/mol. The van der Waals surface area contributed by atoms with Crippen LogP contribution >= 0.6 is 11.6 Å². The van der Waals surface area contributed by atoms with Crippen LogP contribution in [0, 0.1) is 17.3 Å². The molecule has 3 atom stereocenters. The van der Waals surface area contributed by atoms with Gasteiger partial charge in [-0.3, -0.25) is 0 Å². The summed E-state index contributed by atoms with van der Waals surface area (Å²) in [6.07, 6.45) is -2.69. The second-order valence-electron chi connectivity index (χ2n) is 4.15. The van der Waals surface area contributed by atoms with Crippen molar-refractivity contribution in [2.24, 2.45) is 17.3 Å². The number of rotatable bonds is 3. The molecule has 1 saturated carbocycles. The van der Waals surface area contributed by atoms with Crippen molar-refractivity contribution in [1.82, 2.24) is 0 Å². The molecule has 3 unspecified atom stereocenters. The van der Waals surface area contributed by atoms with Crippen LogP contribution in [0.2, 0.25) is 0 Å². The highest BCUT2D eigenvalue weighted by Gasteiger charge is 2.60. The summed E-state index contributed by atoms with van der Waals surface area (Å²) in [4.78, 5) is 0. The SMILES string of the molecule is CC(C(F)(F)F)C1(C)CC1CCCl. The summed E-state index contributed by atoms with van der Waals surface area (Å²) in [6.45, 7) is 2.98. The van der Waals surface area contributed by atoms with E-state index in [0.29, 0.717) is 18.7 Å². The van der Waals surface area contributed by atoms with Crippen LogP contribution < -0.4 is 0 Å². The molecular weight excluding hydrogens is 201 g/mol. The molecule has 0 nitrogen and oxygen atoms in total. The van der Waals surface area contributed by atoms with Gasteiger partial charge in [0.15, 0.2) is 0 Å². The molecule has 0 bridgehead atoms. The summed E-state index contributed by atoms with van der Waals surface area (Å²) in [5, 5.41) is 0. The monoisotopic (exact) mass is 214 g/mol. The number of alkyl halides is 4. The standard InChI is InChI=1S/C9H14ClF3/c1-6(9(11,12)13)8(2)5-7(8)3-4-10/h6-7H,3-5H2,1-2H3. The Hall–Kier alpha value is 0.0800. The van der Waals surface area contributed by atoms with Crippen molar-refractivity contribution in [3.63, 3.8) is 0 Å². The Morgan fingerprint density at radius 2 is 2.08 bits per heavy atom. The molecule has 0 aliphatic heterocycles. The average Bonchev–Trinajstić information content (AvgIpc) is 2.61. The first-order valence-electron chi connectivity index (χ1n) is 4.45. The van der Waals surface area contributed by atoms with Crippen LogP contribution in [0.4, 0.5) is 13.2 Å². The van der Waals surface area contributed by atoms with Crippen molar-refractivity contribution in [2.75, 3.05) is 5.88 Å². The molecular formula is C9H14ClF3. The van der Waals surface area contributed by atoms with Crippen molar-refractivity contribution in [2.45, 2.75) is 32.9 Å². The highest BCUT2D eigenvalue weighted by Crippen LogP contribution is 2.62. The molecule has 78 valence electrons. The van der Waals surface area contributed by atoms with E-state index in [1.807, 2.05) is 0 Å². The topological polar surface area (TPSA) is 0 Å². The quantitative estimate of drug-likeness (QED) is 0.627. The van der Waals surface area contributed by atoms with Crippen LogP contribution in [0.3, 0.4) is 0 Å². The van der Waals surface area contributed by atoms with Gasteiger partial charge in [-0.05, 0) is 24.2 Å². The lowest BCUT2D eigenvalue weighted by molar-refractivity contribution is -0.187. The molecule has 1 fully saturated rings. The lowest BCUT2D eigenvalue weighted by Gasteiger charge is -2.23. The largest absolute Gasteiger partial charge is 0.392 e. The minimum absolute atomic E-state index is 0.168. The molecule has 0 aromatic heterocycles. The van der Waals surface area contributed by atoms with Gasteiger partial charge in [-0.1, -0.05) is 13.8 Å². The smallest absolute Gasteiger partial charge is 0.171 e. The van der Waals surface area contributed by atoms with Crippen molar-refractivity contribution in [1.29, 1.82) is 0 Å². The predicted molar refractivity (Wildman–Crippen MR) is 46.8 cm³/mol. The van der Waals surface area contributed by atoms with Gasteiger partial charge in [0.2, 0.25) is 0 Å². The van der Waals surface area contributed by atoms with Crippen LogP contribution in [0.25, 0.3) is 0 Å². The van der Waals surface area contributed by atoms with E-state index < -0.39 is 17.5 Å². The summed E-state index contributed by atoms with van der Waals surface area (Å²) >= 11 is 5.50. The van der Waals surface area contributed by atoms with Gasteiger partial charge in [-0.2, -0.15) is 13.2 Å². The first-order chi connectivity index (χ1) is 5.82. The van der Waals surface area contributed by atoms with E-state index in [2.05, 4.69) is 0 Å². The van der Waals surface area contributed by atoms with Crippen LogP contribution in [0.1, 0.15) is 26.7 Å². The van der Waals surface area contributed by atoms with Crippen LogP contribution in [-0.2, 0) is 0 Å². The Morgan fingerprint density at radius 1 is 1.54 bits per heavy atom. The number of halogens is 4. The van der Waals surface area contributed by atoms with Gasteiger partial charge >= 0.3 is 6.18 Å². The minimum atomic E-state index is -4.06. The zero-order valence-electron chi connectivity index (χ0n) is 7.79. The fraction of sp³-hybridized carbons (Fsp3) is 1.00. The first-order valence-corrected chi connectivity index (χ1v) is 4.98. The zero-order valence-corrected chi connectivity index (χ0v) is 8.54. The van der Waals surface area contributed by atoms with Gasteiger partial charge in [0.25, 0.3) is 0 Å². The van der Waals surface area contributed by atoms with E-state index in [1.165, 1.54) is 6.92 Å². The Bertz CT molecular complexity index is 190. The molecule has 0 aromatic rings. The van der Waals surface area contributed by atoms with Gasteiger partial charge in [-0.25, -0.2) is 0 Å². The van der Waals surface area contributed by atoms with Gasteiger partial charge in [0.05, 0.1) is 5.92 Å². The third-order valence-corrected chi connectivity index (χ3v) is 3.61. The molecule has 0 saturated heterocycles. The third kappa shape index (κ3) is 2.12. The first kappa shape index (κ1) is 11.2. The lowest BCUT2D eigenvalue weighted by atomic mass is 9.89. The fourth-order valence-corrected chi connectivity index (χ4v) is 2.20. The molecule has 1 aliphatic rings. The molecule has 1 aliphatic carbocycles. The van der Waals surface area contributed by atoms with Gasteiger partial charge in [0, 0.05) is 5.88 Å². The van der Waals surface area contributed by atoms with Crippen molar-refractivity contribution >= 4 is 11.6 Å². The molecule has 0 heterocycles. The van der Waals surface area contributed by atoms with E-state index in [-0.39, 0.29) is 5.92 Å². The number of hydrogen-bond donors (Lipinski definition) is 0. The summed E-state index contributed by atoms with van der Waals surface area (Å²) in [5.41, 5.74) is -0.548. The van der Waals surface area contributed by atoms with E-state index in [0.717, 1.165) is 0 Å². The normalized spacial score (nSPS) is 36.0. The Kier molecular flexibility index (Phi) is 2.86. The maximum atomic E-state index is 12.4. The van der Waals surface area contributed by atoms with Gasteiger partial charge in [-0.15, -0.1) is 11.6 Å². The van der Waals surface area contributed by atoms with Crippen LogP contribution in [0.5, 0.6) is 0 Å². The second-order valence-corrected chi connectivity index (χ2v) is 4.53. The summed E-state index contributed by atoms with van der Waals surface area (Å²) < 4.78 is 37.1. The van der Waals surface area contributed by atoms with Gasteiger partial charge in [0.1, 0.15) is 0 Å². The molecule has 0 radical (unpaired) electrons. The molecule has 4 heteroatoms. The Morgan fingerprint density at radius 3 is 2.46 bits per heavy atom. The molecule has 1 rings (SSSR count). The van der Waals surface area contributed by atoms with Crippen LogP contribution in [0.15, 0.2) is 0 Å². The Labute approximate surface area is 81.5 Å². The molecule has 0 amide bonds. The maximum absolute atomic E-state index is 12.4. The highest BCUT2D eigenvalue weighted by molar-refractivity contribution is 6.17. The Balaban J connectivity index is 2.55. The highest BCUT2D eigenvalue weighted by atomic mass is 35.5. The van der Waals surface area contributed by atoms with Gasteiger partial charge < -0.3 is 0 Å². The van der Waals surface area contributed by atoms with E-state index >= 15 is 0 Å². The fourth-order valence-electron chi connectivity index (χ4n) is 1.94. The zero-order chi connectivity index (χ0) is 10.3. The van der Waals surface area contributed by atoms with Crippen molar-refractivity contribution < 1.29 is 13.2 Å². The number of hydrogen-bond acceptors (Lipinski definition) is 0. The molecule has 0 spiro atoms. The van der Waals surface area contributed by atoms with Crippen molar-refractivity contribution in [3.8, 4) is 0 Å². The summed E-state index contributed by atoms with van der Waals surface area (Å²) in [6, 6.07) is 0. The maximum Gasteiger partial charge on any atom is 0.392 e. The predicted octanol–water partition coefficient (Wildman–Crippen LogP) is 3.84. The molecule has 0 N–H and O–H groups in total. The van der Waals surface area contributed by atoms with E-state index in [1.54, 1.807) is 6.92 Å². The molecule has 13 heavy (non-hydrogen) atoms. The van der Waals surface area contributed by atoms with Crippen LogP contribution in [-0.4, -0.2) is 12.1 Å². The van der Waals surface area contributed by atoms with E-state index in [4.69, 9.17) is 11.6 Å². The minimum Gasteiger partial charge on any atom is -0.171 e.